The fraction of sp³-hybridized carbons (Fsp3) is 0.333. The minimum Gasteiger partial charge on any atom is -0.504 e. The molecule has 2 aromatic carbocycles. The van der Waals surface area contributed by atoms with E-state index >= 15 is 0 Å². The molecule has 2 aliphatic rings. The summed E-state index contributed by atoms with van der Waals surface area (Å²) in [6.07, 6.45) is 3.10. The van der Waals surface area contributed by atoms with Gasteiger partial charge in [0.25, 0.3) is 0 Å². The number of aryl methyl sites for hydroxylation is 1. The van der Waals surface area contributed by atoms with Gasteiger partial charge in [0.2, 0.25) is 0 Å². The summed E-state index contributed by atoms with van der Waals surface area (Å²) >= 11 is 0. The zero-order valence-electron chi connectivity index (χ0n) is 11.8. The van der Waals surface area contributed by atoms with Crippen molar-refractivity contribution in [2.75, 3.05) is 6.54 Å². The minimum atomic E-state index is -0.0173. The molecule has 4 rings (SSSR count). The molecular formula is C18H19NO2. The third kappa shape index (κ3) is 2.00. The Bertz CT molecular complexity index is 696. The van der Waals surface area contributed by atoms with Crippen LogP contribution in [0.15, 0.2) is 36.4 Å². The molecule has 1 aliphatic carbocycles. The van der Waals surface area contributed by atoms with Gasteiger partial charge in [-0.1, -0.05) is 24.3 Å². The summed E-state index contributed by atoms with van der Waals surface area (Å²) in [5.74, 6) is 0.229. The van der Waals surface area contributed by atoms with E-state index in [0.29, 0.717) is 6.04 Å². The zero-order valence-corrected chi connectivity index (χ0v) is 11.8. The highest BCUT2D eigenvalue weighted by atomic mass is 16.3. The topological polar surface area (TPSA) is 52.5 Å². The van der Waals surface area contributed by atoms with E-state index in [9.17, 15) is 10.2 Å². The van der Waals surface area contributed by atoms with E-state index in [4.69, 9.17) is 0 Å². The Morgan fingerprint density at radius 2 is 1.71 bits per heavy atom. The number of hydrogen-bond acceptors (Lipinski definition) is 3. The molecule has 0 radical (unpaired) electrons. The van der Waals surface area contributed by atoms with Gasteiger partial charge in [0.15, 0.2) is 11.5 Å². The van der Waals surface area contributed by atoms with Crippen molar-refractivity contribution in [3.05, 3.63) is 58.7 Å². The van der Waals surface area contributed by atoms with Crippen LogP contribution in [0.25, 0.3) is 0 Å². The highest BCUT2D eigenvalue weighted by molar-refractivity contribution is 5.52. The minimum absolute atomic E-state index is 0.0162. The van der Waals surface area contributed by atoms with E-state index in [1.165, 1.54) is 11.1 Å². The Balaban J connectivity index is 1.93. The van der Waals surface area contributed by atoms with Gasteiger partial charge in [-0.2, -0.15) is 0 Å². The van der Waals surface area contributed by atoms with Crippen LogP contribution in [0.3, 0.4) is 0 Å². The highest BCUT2D eigenvalue weighted by Crippen LogP contribution is 2.42. The monoisotopic (exact) mass is 281 g/mol. The molecule has 0 aromatic heterocycles. The van der Waals surface area contributed by atoms with Crippen LogP contribution < -0.4 is 5.32 Å². The first-order chi connectivity index (χ1) is 10.2. The van der Waals surface area contributed by atoms with Gasteiger partial charge in [-0.3, -0.25) is 0 Å². The Labute approximate surface area is 124 Å². The first-order valence-electron chi connectivity index (χ1n) is 7.60. The number of phenolic OH excluding ortho intramolecular Hbond substituents is 2. The van der Waals surface area contributed by atoms with Crippen LogP contribution in [0.1, 0.15) is 34.6 Å². The molecule has 3 N–H and O–H groups in total. The Kier molecular flexibility index (Phi) is 2.89. The van der Waals surface area contributed by atoms with Crippen LogP contribution in [0.5, 0.6) is 11.5 Å². The van der Waals surface area contributed by atoms with Gasteiger partial charge in [-0.15, -0.1) is 0 Å². The second-order valence-corrected chi connectivity index (χ2v) is 6.07. The molecule has 0 saturated heterocycles. The third-order valence-corrected chi connectivity index (χ3v) is 4.89. The molecule has 3 heteroatoms. The second-order valence-electron chi connectivity index (χ2n) is 6.07. The largest absolute Gasteiger partial charge is 0.504 e. The van der Waals surface area contributed by atoms with Crippen LogP contribution in [0.4, 0.5) is 0 Å². The van der Waals surface area contributed by atoms with Crippen molar-refractivity contribution >= 4 is 0 Å². The van der Waals surface area contributed by atoms with E-state index in [1.807, 2.05) is 0 Å². The maximum absolute atomic E-state index is 9.93. The zero-order chi connectivity index (χ0) is 14.4. The van der Waals surface area contributed by atoms with Crippen LogP contribution in [-0.4, -0.2) is 22.8 Å². The van der Waals surface area contributed by atoms with Gasteiger partial charge in [-0.05, 0) is 60.2 Å². The number of fused-ring (bicyclic) bond motifs is 5. The Morgan fingerprint density at radius 3 is 2.62 bits per heavy atom. The number of aromatic hydroxyl groups is 2. The molecule has 0 amide bonds. The lowest BCUT2D eigenvalue weighted by atomic mass is 9.75. The van der Waals surface area contributed by atoms with Crippen molar-refractivity contribution in [2.45, 2.75) is 31.2 Å². The van der Waals surface area contributed by atoms with E-state index in [0.717, 1.165) is 36.9 Å². The van der Waals surface area contributed by atoms with Gasteiger partial charge >= 0.3 is 0 Å². The number of rotatable bonds is 0. The average molecular weight is 281 g/mol. The van der Waals surface area contributed by atoms with Gasteiger partial charge in [0.1, 0.15) is 0 Å². The number of nitrogens with one attached hydrogen (secondary N) is 1. The number of phenols is 2. The van der Waals surface area contributed by atoms with E-state index in [1.54, 1.807) is 12.1 Å². The molecule has 0 fully saturated rings. The van der Waals surface area contributed by atoms with E-state index in [2.05, 4.69) is 29.6 Å². The van der Waals surface area contributed by atoms with Crippen LogP contribution in [-0.2, 0) is 12.8 Å². The predicted molar refractivity (Wildman–Crippen MR) is 81.9 cm³/mol. The standard InChI is InChI=1S/C18H19NO2/c20-16-9-12-7-8-19-15-6-5-11-3-1-2-4-13(11)18(15)14(12)10-17(16)21/h1-4,9-10,15,18-21H,5-8H2/t15-,18-/m0/s1. The average Bonchev–Trinajstić information content (AvgIpc) is 2.67. The molecule has 0 bridgehead atoms. The highest BCUT2D eigenvalue weighted by Gasteiger charge is 2.33. The molecule has 2 atom stereocenters. The van der Waals surface area contributed by atoms with Gasteiger partial charge in [0.05, 0.1) is 0 Å². The summed E-state index contributed by atoms with van der Waals surface area (Å²) in [4.78, 5) is 0. The lowest BCUT2D eigenvalue weighted by molar-refractivity contribution is 0.400. The smallest absolute Gasteiger partial charge is 0.157 e. The SMILES string of the molecule is Oc1cc2c(cc1O)[C@@H]1c3ccccc3CC[C@@H]1NCC2. The quantitative estimate of drug-likeness (QED) is 0.651. The normalized spacial score (nSPS) is 23.6. The van der Waals surface area contributed by atoms with Crippen molar-refractivity contribution in [1.82, 2.24) is 5.32 Å². The maximum atomic E-state index is 9.93. The third-order valence-electron chi connectivity index (χ3n) is 4.89. The molecule has 3 nitrogen and oxygen atoms in total. The molecule has 0 unspecified atom stereocenters. The molecule has 0 saturated carbocycles. The van der Waals surface area contributed by atoms with Crippen molar-refractivity contribution in [1.29, 1.82) is 0 Å². The van der Waals surface area contributed by atoms with Crippen LogP contribution in [0.2, 0.25) is 0 Å². The first-order valence-corrected chi connectivity index (χ1v) is 7.60. The lowest BCUT2D eigenvalue weighted by Gasteiger charge is -2.34. The van der Waals surface area contributed by atoms with Crippen molar-refractivity contribution in [3.8, 4) is 11.5 Å². The van der Waals surface area contributed by atoms with Gasteiger partial charge < -0.3 is 15.5 Å². The molecule has 0 spiro atoms. The molecule has 108 valence electrons. The van der Waals surface area contributed by atoms with Crippen molar-refractivity contribution < 1.29 is 10.2 Å². The first kappa shape index (κ1) is 12.7. The number of hydrogen-bond donors (Lipinski definition) is 3. The summed E-state index contributed by atoms with van der Waals surface area (Å²) in [5, 5.41) is 23.4. The molecular weight excluding hydrogens is 262 g/mol. The summed E-state index contributed by atoms with van der Waals surface area (Å²) in [6, 6.07) is 12.5. The Morgan fingerprint density at radius 1 is 0.905 bits per heavy atom. The Hall–Kier alpha value is -2.00. The van der Waals surface area contributed by atoms with Gasteiger partial charge in [0, 0.05) is 12.0 Å². The molecule has 21 heavy (non-hydrogen) atoms. The number of benzene rings is 2. The second kappa shape index (κ2) is 4.78. The van der Waals surface area contributed by atoms with Gasteiger partial charge in [-0.25, -0.2) is 0 Å². The van der Waals surface area contributed by atoms with Crippen LogP contribution in [0, 0.1) is 0 Å². The predicted octanol–water partition coefficient (Wildman–Crippen LogP) is 2.69. The summed E-state index contributed by atoms with van der Waals surface area (Å²) in [5.41, 5.74) is 5.06. The van der Waals surface area contributed by atoms with E-state index in [-0.39, 0.29) is 17.4 Å². The summed E-state index contributed by atoms with van der Waals surface area (Å²) in [7, 11) is 0. The molecule has 1 heterocycles. The van der Waals surface area contributed by atoms with E-state index < -0.39 is 0 Å². The van der Waals surface area contributed by atoms with Crippen LogP contribution >= 0.6 is 0 Å². The maximum Gasteiger partial charge on any atom is 0.157 e. The van der Waals surface area contributed by atoms with Crippen molar-refractivity contribution in [3.63, 3.8) is 0 Å². The van der Waals surface area contributed by atoms with Crippen molar-refractivity contribution in [2.24, 2.45) is 0 Å². The lowest BCUT2D eigenvalue weighted by Crippen LogP contribution is -2.38. The summed E-state index contributed by atoms with van der Waals surface area (Å²) < 4.78 is 0. The molecule has 2 aromatic rings. The fourth-order valence-corrected chi connectivity index (χ4v) is 3.90. The fourth-order valence-electron chi connectivity index (χ4n) is 3.90. The summed E-state index contributed by atoms with van der Waals surface area (Å²) in [6.45, 7) is 0.917. The molecule has 1 aliphatic heterocycles.